The number of nitrogens with one attached hydrogen (secondary N) is 3. The summed E-state index contributed by atoms with van der Waals surface area (Å²) in [6.07, 6.45) is 3.75. The predicted octanol–water partition coefficient (Wildman–Crippen LogP) is 6.12. The van der Waals surface area contributed by atoms with Crippen molar-refractivity contribution in [3.63, 3.8) is 0 Å². The molecule has 1 aromatic heterocycles. The molecule has 3 aromatic rings. The lowest BCUT2D eigenvalue weighted by molar-refractivity contribution is -0.149. The van der Waals surface area contributed by atoms with E-state index >= 15 is 0 Å². The summed E-state index contributed by atoms with van der Waals surface area (Å²) in [5.41, 5.74) is 0.829. The van der Waals surface area contributed by atoms with Gasteiger partial charge in [0.1, 0.15) is 34.9 Å². The van der Waals surface area contributed by atoms with E-state index in [1.54, 1.807) is 41.0 Å². The van der Waals surface area contributed by atoms with Crippen molar-refractivity contribution in [2.75, 3.05) is 65.4 Å². The van der Waals surface area contributed by atoms with Crippen LogP contribution in [0, 0.1) is 17.8 Å². The van der Waals surface area contributed by atoms with Gasteiger partial charge in [0.25, 0.3) is 5.91 Å². The minimum absolute atomic E-state index is 0.00296. The Labute approximate surface area is 481 Å². The van der Waals surface area contributed by atoms with Gasteiger partial charge in [-0.05, 0) is 74.1 Å². The maximum Gasteiger partial charge on any atom is 0.303 e. The zero-order valence-electron chi connectivity index (χ0n) is 47.9. The fourth-order valence-electron chi connectivity index (χ4n) is 10.0. The molecule has 2 fully saturated rings. The number of likely N-dealkylation sites (N-methyl/N-ethyl adjacent to an activating group) is 3. The molecule has 3 N–H and O–H groups in total. The molecule has 8 atom stereocenters. The molecule has 2 aliphatic rings. The largest absolute Gasteiger partial charge is 0.455 e. The molecule has 2 saturated heterocycles. The Morgan fingerprint density at radius 2 is 1.46 bits per heavy atom. The molecule has 0 saturated carbocycles. The van der Waals surface area contributed by atoms with Crippen LogP contribution in [0.3, 0.4) is 0 Å². The molecule has 1 unspecified atom stereocenters. The number of hydrogen-bond donors (Lipinski definition) is 4. The van der Waals surface area contributed by atoms with E-state index in [1.807, 2.05) is 100 Å². The Hall–Kier alpha value is -5.51. The zero-order chi connectivity index (χ0) is 57.9. The number of rotatable bonds is 27. The van der Waals surface area contributed by atoms with Gasteiger partial charge in [-0.3, -0.25) is 43.3 Å². The maximum atomic E-state index is 14.7. The number of nitrogens with zero attached hydrogens (tertiary/aromatic N) is 6. The Bertz CT molecular complexity index is 2490. The summed E-state index contributed by atoms with van der Waals surface area (Å²) < 4.78 is 5.91. The van der Waals surface area contributed by atoms with Crippen molar-refractivity contribution >= 4 is 83.0 Å². The quantitative estimate of drug-likeness (QED) is 0.0387. The van der Waals surface area contributed by atoms with Crippen LogP contribution in [0.1, 0.15) is 121 Å². The van der Waals surface area contributed by atoms with E-state index in [-0.39, 0.29) is 65.8 Å². The van der Waals surface area contributed by atoms with Gasteiger partial charge in [0.2, 0.25) is 35.4 Å². The third-order valence-corrected chi connectivity index (χ3v) is 17.5. The minimum atomic E-state index is -1.13. The zero-order valence-corrected chi connectivity index (χ0v) is 50.4. The number of thiazole rings is 1. The van der Waals surface area contributed by atoms with Crippen LogP contribution < -0.4 is 16.0 Å². The van der Waals surface area contributed by atoms with E-state index in [1.165, 1.54) is 30.6 Å². The molecule has 21 heteroatoms. The van der Waals surface area contributed by atoms with Gasteiger partial charge in [0.05, 0.1) is 6.04 Å². The lowest BCUT2D eigenvalue weighted by Gasteiger charge is -2.38. The first-order chi connectivity index (χ1) is 37.6. The fourth-order valence-corrected chi connectivity index (χ4v) is 12.1. The first-order valence-corrected chi connectivity index (χ1v) is 30.3. The van der Waals surface area contributed by atoms with Crippen molar-refractivity contribution in [2.45, 2.75) is 147 Å². The minimum Gasteiger partial charge on any atom is -0.455 e. The highest BCUT2D eigenvalue weighted by atomic mass is 32.2. The van der Waals surface area contributed by atoms with Gasteiger partial charge in [-0.15, -0.1) is 23.1 Å². The molecule has 5 rings (SSSR count). The molecular weight excluding hydrogens is 1060 g/mol. The number of carbonyl (C=O) groups is 8. The van der Waals surface area contributed by atoms with Crippen LogP contribution in [0.5, 0.6) is 0 Å². The molecule has 2 aromatic carbocycles. The van der Waals surface area contributed by atoms with Gasteiger partial charge in [0, 0.05) is 88.5 Å². The average molecular weight is 1150 g/mol. The average Bonchev–Trinajstić information content (AvgIpc) is 3.95. The standard InChI is InChI=1S/C58H85N9O9S3/c1-11-39(6)51(62-52(70)45-25-18-19-27-63(45)8)58(75)64(9)46(37(2)3)34-48(76-40(7)68)55-60-44(35-79-55)56(73)65(10)47(36-78-42-23-16-13-17-24-42)53(71)61-50(38(4)5)54(72)59-43(33-41-21-14-12-15-22-41)57(74)67-30-28-66(29-31-67)49(69)26-20-32-77/h12-17,21-24,35,37-39,43,45-48,50-51,77H,11,18-20,25-34,36H2,1-10H3,(H,59,72)(H,61,71)(H,62,70)/t39-,43-,45+,46+,47-,48+,50-,51?/m0/s1. The Morgan fingerprint density at radius 3 is 2.05 bits per heavy atom. The molecule has 0 aliphatic carbocycles. The predicted molar refractivity (Wildman–Crippen MR) is 312 cm³/mol. The van der Waals surface area contributed by atoms with Gasteiger partial charge < -0.3 is 40.3 Å². The second-order valence-electron chi connectivity index (χ2n) is 21.6. The number of ether oxygens (including phenoxy) is 1. The van der Waals surface area contributed by atoms with Crippen LogP contribution in [-0.4, -0.2) is 178 Å². The number of piperazine rings is 1. The van der Waals surface area contributed by atoms with Crippen LogP contribution in [0.15, 0.2) is 70.9 Å². The summed E-state index contributed by atoms with van der Waals surface area (Å²) in [5.74, 6) is -3.09. The number of benzene rings is 2. The third-order valence-electron chi connectivity index (χ3n) is 15.1. The maximum absolute atomic E-state index is 14.7. The number of esters is 1. The molecule has 0 radical (unpaired) electrons. The second-order valence-corrected chi connectivity index (χ2v) is 24.0. The van der Waals surface area contributed by atoms with Gasteiger partial charge in [-0.25, -0.2) is 4.98 Å². The van der Waals surface area contributed by atoms with E-state index in [2.05, 4.69) is 28.6 Å². The number of likely N-dealkylation sites (tertiary alicyclic amines) is 1. The highest BCUT2D eigenvalue weighted by Crippen LogP contribution is 2.32. The molecule has 3 heterocycles. The number of aromatic nitrogens is 1. The smallest absolute Gasteiger partial charge is 0.303 e. The topological polar surface area (TPSA) is 211 Å². The van der Waals surface area contributed by atoms with Gasteiger partial charge >= 0.3 is 5.97 Å². The van der Waals surface area contributed by atoms with E-state index in [0.29, 0.717) is 62.6 Å². The Kier molecular flexibility index (Phi) is 25.6. The summed E-state index contributed by atoms with van der Waals surface area (Å²) in [7, 11) is 5.13. The van der Waals surface area contributed by atoms with E-state index < -0.39 is 65.9 Å². The van der Waals surface area contributed by atoms with Crippen LogP contribution in [0.25, 0.3) is 0 Å². The monoisotopic (exact) mass is 1150 g/mol. The molecule has 18 nitrogen and oxygen atoms in total. The summed E-state index contributed by atoms with van der Waals surface area (Å²) in [4.78, 5) is 126. The second kappa shape index (κ2) is 31.5. The number of thiol groups is 1. The van der Waals surface area contributed by atoms with Crippen LogP contribution >= 0.6 is 35.7 Å². The summed E-state index contributed by atoms with van der Waals surface area (Å²) in [6.45, 7) is 14.9. The number of hydrogen-bond acceptors (Lipinski definition) is 14. The van der Waals surface area contributed by atoms with E-state index in [9.17, 15) is 38.4 Å². The van der Waals surface area contributed by atoms with Crippen molar-refractivity contribution in [1.82, 2.24) is 45.4 Å². The lowest BCUT2D eigenvalue weighted by Crippen LogP contribution is -2.60. The normalized spacial score (nSPS) is 17.6. The summed E-state index contributed by atoms with van der Waals surface area (Å²) in [5, 5.41) is 10.9. The van der Waals surface area contributed by atoms with Crippen LogP contribution in [-0.2, 0) is 44.7 Å². The summed E-state index contributed by atoms with van der Waals surface area (Å²) in [6, 6.07) is 13.9. The van der Waals surface area contributed by atoms with E-state index in [4.69, 9.17) is 9.72 Å². The van der Waals surface area contributed by atoms with Crippen LogP contribution in [0.4, 0.5) is 0 Å². The molecule has 79 heavy (non-hydrogen) atoms. The highest BCUT2D eigenvalue weighted by molar-refractivity contribution is 7.99. The van der Waals surface area contributed by atoms with Crippen molar-refractivity contribution in [2.24, 2.45) is 17.8 Å². The number of carbonyl (C=O) groups excluding carboxylic acids is 8. The molecular formula is C58H85N9O9S3. The first-order valence-electron chi connectivity index (χ1n) is 27.8. The van der Waals surface area contributed by atoms with Crippen molar-refractivity contribution in [3.05, 3.63) is 82.3 Å². The summed E-state index contributed by atoms with van der Waals surface area (Å²) >= 11 is 6.71. The SMILES string of the molecule is CC[C@H](C)C(NC(=O)[C@H]1CCCCN1C)C(=O)N(C)[C@H](C[C@@H](OC(C)=O)c1nc(C(=O)N(C)[C@@H](CSc2ccccc2)C(=O)N[C@H](C(=O)N[C@@H](Cc2ccccc2)C(=O)N2CCN(C(=O)CCCS)CC2)C(C)C)cs1)C(C)C. The molecule has 434 valence electrons. The van der Waals surface area contributed by atoms with Crippen molar-refractivity contribution in [3.8, 4) is 0 Å². The van der Waals surface area contributed by atoms with Gasteiger partial charge in [-0.2, -0.15) is 12.6 Å². The fraction of sp³-hybridized carbons (Fsp3) is 0.603. The van der Waals surface area contributed by atoms with Gasteiger partial charge in [-0.1, -0.05) is 103 Å². The Morgan fingerprint density at radius 1 is 0.810 bits per heavy atom. The Balaban J connectivity index is 1.36. The van der Waals surface area contributed by atoms with Crippen molar-refractivity contribution < 1.29 is 43.1 Å². The molecule has 7 amide bonds. The van der Waals surface area contributed by atoms with E-state index in [0.717, 1.165) is 41.2 Å². The van der Waals surface area contributed by atoms with Gasteiger partial charge in [0.15, 0.2) is 6.10 Å². The molecule has 0 bridgehead atoms. The lowest BCUT2D eigenvalue weighted by atomic mass is 9.92. The molecule has 0 spiro atoms. The number of thioether (sulfide) groups is 1. The highest BCUT2D eigenvalue weighted by Gasteiger charge is 2.39. The van der Waals surface area contributed by atoms with Crippen molar-refractivity contribution in [1.29, 1.82) is 0 Å². The number of amides is 7. The molecule has 2 aliphatic heterocycles. The third kappa shape index (κ3) is 18.5. The number of piperidine rings is 1. The van der Waals surface area contributed by atoms with Crippen LogP contribution in [0.2, 0.25) is 0 Å². The first kappa shape index (κ1) is 64.3.